The predicted molar refractivity (Wildman–Crippen MR) is 179 cm³/mol. The molecule has 3 saturated carbocycles. The highest BCUT2D eigenvalue weighted by Crippen LogP contribution is 2.65. The number of rotatable bonds is 12. The van der Waals surface area contributed by atoms with Crippen LogP contribution in [0.5, 0.6) is 0 Å². The van der Waals surface area contributed by atoms with Crippen molar-refractivity contribution in [3.05, 3.63) is 22.4 Å². The predicted octanol–water partition coefficient (Wildman–Crippen LogP) is 3.42. The molecule has 13 heteroatoms. The molecular formula is C35H51N5O7S. The Morgan fingerprint density at radius 1 is 1.04 bits per heavy atom. The number of Topliss-reactive ketones (excluding diaryl/α,β-unsaturated/α-hetero) is 1. The van der Waals surface area contributed by atoms with Gasteiger partial charge in [-0.15, -0.1) is 0 Å². The van der Waals surface area contributed by atoms with Gasteiger partial charge in [0.1, 0.15) is 24.2 Å². The normalized spacial score (nSPS) is 25.4. The molecule has 3 aliphatic carbocycles. The number of primary amides is 1. The number of amides is 5. The lowest BCUT2D eigenvalue weighted by atomic mass is 9.80. The van der Waals surface area contributed by atoms with Gasteiger partial charge in [-0.25, -0.2) is 9.59 Å². The van der Waals surface area contributed by atoms with Gasteiger partial charge < -0.3 is 31.3 Å². The van der Waals surface area contributed by atoms with Crippen molar-refractivity contribution in [3.8, 4) is 0 Å². The Morgan fingerprint density at radius 2 is 1.73 bits per heavy atom. The van der Waals surface area contributed by atoms with Crippen molar-refractivity contribution in [1.82, 2.24) is 20.9 Å². The molecule has 48 heavy (non-hydrogen) atoms. The average Bonchev–Trinajstić information content (AvgIpc) is 3.44. The summed E-state index contributed by atoms with van der Waals surface area (Å²) in [6.45, 7) is 10.0. The van der Waals surface area contributed by atoms with E-state index in [0.29, 0.717) is 25.8 Å². The number of urea groups is 1. The van der Waals surface area contributed by atoms with Crippen LogP contribution in [-0.4, -0.2) is 70.6 Å². The number of fused-ring (bicyclic) bond motifs is 1. The van der Waals surface area contributed by atoms with Gasteiger partial charge in [0.05, 0.1) is 6.04 Å². The van der Waals surface area contributed by atoms with Crippen LogP contribution in [0.25, 0.3) is 0 Å². The monoisotopic (exact) mass is 685 g/mol. The average molecular weight is 686 g/mol. The summed E-state index contributed by atoms with van der Waals surface area (Å²) in [5.41, 5.74) is 4.05. The molecular weight excluding hydrogens is 634 g/mol. The van der Waals surface area contributed by atoms with Gasteiger partial charge in [0.25, 0.3) is 5.91 Å². The third kappa shape index (κ3) is 7.40. The van der Waals surface area contributed by atoms with E-state index in [-0.39, 0.29) is 29.8 Å². The molecule has 4 fully saturated rings. The number of nitrogens with one attached hydrogen (secondary N) is 3. The molecule has 0 aromatic carbocycles. The second kappa shape index (κ2) is 13.8. The zero-order valence-electron chi connectivity index (χ0n) is 28.8. The minimum absolute atomic E-state index is 0.0621. The Kier molecular flexibility index (Phi) is 10.3. The van der Waals surface area contributed by atoms with Gasteiger partial charge in [0.2, 0.25) is 17.6 Å². The van der Waals surface area contributed by atoms with E-state index in [9.17, 15) is 28.8 Å². The first-order valence-corrected chi connectivity index (χ1v) is 18.2. The molecule has 5 amide bonds. The Balaban J connectivity index is 1.32. The van der Waals surface area contributed by atoms with E-state index in [1.807, 2.05) is 37.6 Å². The summed E-state index contributed by atoms with van der Waals surface area (Å²) in [6, 6.07) is -1.74. The van der Waals surface area contributed by atoms with Gasteiger partial charge in [-0.1, -0.05) is 73.1 Å². The zero-order chi connectivity index (χ0) is 35.0. The summed E-state index contributed by atoms with van der Waals surface area (Å²) >= 11 is 1.51. The number of nitrogens with two attached hydrogens (primary N) is 1. The number of ketones is 1. The van der Waals surface area contributed by atoms with Crippen molar-refractivity contribution in [2.45, 2.75) is 123 Å². The first-order valence-electron chi connectivity index (χ1n) is 17.3. The Morgan fingerprint density at radius 3 is 2.29 bits per heavy atom. The van der Waals surface area contributed by atoms with Gasteiger partial charge in [-0.3, -0.25) is 19.2 Å². The lowest BCUT2D eigenvalue weighted by molar-refractivity contribution is -0.154. The molecule has 1 aliphatic heterocycles. The lowest BCUT2D eigenvalue weighted by Crippen LogP contribution is -2.64. The Hall–Kier alpha value is -3.48. The highest BCUT2D eigenvalue weighted by atomic mass is 32.1. The van der Waals surface area contributed by atoms with Crippen LogP contribution >= 0.6 is 11.3 Å². The number of nitrogens with zero attached hydrogens (tertiary/aromatic N) is 1. The number of thiophene rings is 1. The number of carbonyl (C=O) groups is 6. The number of ether oxygens (including phenoxy) is 1. The Bertz CT molecular complexity index is 1410. The third-order valence-electron chi connectivity index (χ3n) is 11.2. The van der Waals surface area contributed by atoms with Gasteiger partial charge in [-0.05, 0) is 64.7 Å². The van der Waals surface area contributed by atoms with Gasteiger partial charge in [0, 0.05) is 12.1 Å². The number of piperidine rings is 1. The van der Waals surface area contributed by atoms with Crippen LogP contribution in [-0.2, 0) is 35.3 Å². The van der Waals surface area contributed by atoms with Crippen molar-refractivity contribution < 1.29 is 33.5 Å². The number of likely N-dealkylation sites (tertiary alicyclic amines) is 1. The number of carbonyl (C=O) groups excluding carboxylic acids is 6. The van der Waals surface area contributed by atoms with E-state index >= 15 is 0 Å². The number of hydrogen-bond donors (Lipinski definition) is 4. The highest BCUT2D eigenvalue weighted by molar-refractivity contribution is 7.07. The molecule has 12 nitrogen and oxygen atoms in total. The quantitative estimate of drug-likeness (QED) is 0.192. The van der Waals surface area contributed by atoms with E-state index in [1.165, 1.54) is 16.2 Å². The summed E-state index contributed by atoms with van der Waals surface area (Å²) in [5.74, 6) is -3.21. The molecule has 0 spiro atoms. The van der Waals surface area contributed by atoms with Crippen LogP contribution in [0.1, 0.15) is 98.0 Å². The second-order valence-corrected chi connectivity index (χ2v) is 16.7. The van der Waals surface area contributed by atoms with Crippen molar-refractivity contribution >= 4 is 46.8 Å². The fourth-order valence-electron chi connectivity index (χ4n) is 7.93. The minimum Gasteiger partial charge on any atom is -0.459 e. The standard InChI is InChI=1S/C35H51N5O7S/c1-33(2,3)27(38-32(46)39-35(13-7-6-8-14-35)31(45)47-18-21-12-15-48-19-21)30(44)40-17-22-24(34(22,4)5)25(40)29(43)37-23(26(41)28(36)42)16-20-10-9-11-20/h12,15,19-20,22-25,27H,6-11,13-14,16-18H2,1-5H3,(H2,36,42)(H,37,43)(H2,38,39,46)/t22-,23?,24-,25-,27+/m0/s1. The fourth-order valence-corrected chi connectivity index (χ4v) is 8.59. The van der Waals surface area contributed by atoms with Crippen molar-refractivity contribution in [1.29, 1.82) is 0 Å². The molecule has 5 rings (SSSR count). The van der Waals surface area contributed by atoms with Crippen LogP contribution in [0.15, 0.2) is 16.8 Å². The molecule has 5 atom stereocenters. The van der Waals surface area contributed by atoms with E-state index in [4.69, 9.17) is 10.5 Å². The third-order valence-corrected chi connectivity index (χ3v) is 12.0. The molecule has 0 bridgehead atoms. The van der Waals surface area contributed by atoms with Crippen LogP contribution in [0.4, 0.5) is 4.79 Å². The highest BCUT2D eigenvalue weighted by Gasteiger charge is 2.70. The van der Waals surface area contributed by atoms with Crippen LogP contribution in [0, 0.1) is 28.6 Å². The molecule has 1 aromatic heterocycles. The molecule has 264 valence electrons. The maximum atomic E-state index is 14.4. The van der Waals surface area contributed by atoms with Crippen molar-refractivity contribution in [2.75, 3.05) is 6.54 Å². The molecule has 1 saturated heterocycles. The van der Waals surface area contributed by atoms with E-state index in [1.54, 1.807) is 0 Å². The van der Waals surface area contributed by atoms with E-state index in [0.717, 1.165) is 44.1 Å². The maximum Gasteiger partial charge on any atom is 0.332 e. The summed E-state index contributed by atoms with van der Waals surface area (Å²) in [7, 11) is 0. The smallest absolute Gasteiger partial charge is 0.332 e. The van der Waals surface area contributed by atoms with Crippen LogP contribution in [0.3, 0.4) is 0 Å². The summed E-state index contributed by atoms with van der Waals surface area (Å²) in [6.07, 6.45) is 6.48. The summed E-state index contributed by atoms with van der Waals surface area (Å²) < 4.78 is 5.66. The van der Waals surface area contributed by atoms with E-state index in [2.05, 4.69) is 29.8 Å². The molecule has 2 heterocycles. The SMILES string of the molecule is CC(C)(C)[C@H](NC(=O)NC1(C(=O)OCc2ccsc2)CCCCC1)C(=O)N1C[C@H]2[C@@H]([C@H]1C(=O)NC(CC1CCC1)C(=O)C(N)=O)C2(C)C. The first-order chi connectivity index (χ1) is 22.5. The summed E-state index contributed by atoms with van der Waals surface area (Å²) in [5, 5.41) is 12.4. The molecule has 5 N–H and O–H groups in total. The van der Waals surface area contributed by atoms with Gasteiger partial charge in [-0.2, -0.15) is 11.3 Å². The maximum absolute atomic E-state index is 14.4. The largest absolute Gasteiger partial charge is 0.459 e. The molecule has 1 unspecified atom stereocenters. The van der Waals surface area contributed by atoms with Crippen LogP contribution in [0.2, 0.25) is 0 Å². The van der Waals surface area contributed by atoms with Crippen molar-refractivity contribution in [3.63, 3.8) is 0 Å². The fraction of sp³-hybridized carbons (Fsp3) is 0.714. The van der Waals surface area contributed by atoms with Gasteiger partial charge >= 0.3 is 12.0 Å². The number of hydrogen-bond acceptors (Lipinski definition) is 8. The minimum atomic E-state index is -1.21. The van der Waals surface area contributed by atoms with E-state index < -0.39 is 64.6 Å². The van der Waals surface area contributed by atoms with Gasteiger partial charge in [0.15, 0.2) is 0 Å². The number of esters is 1. The van der Waals surface area contributed by atoms with Crippen LogP contribution < -0.4 is 21.7 Å². The van der Waals surface area contributed by atoms with Crippen molar-refractivity contribution in [2.24, 2.45) is 34.3 Å². The Labute approximate surface area is 286 Å². The zero-order valence-corrected chi connectivity index (χ0v) is 29.6. The topological polar surface area (TPSA) is 177 Å². The first kappa shape index (κ1) is 35.8. The molecule has 1 aromatic rings. The summed E-state index contributed by atoms with van der Waals surface area (Å²) in [4.78, 5) is 81.6. The lowest BCUT2D eigenvalue weighted by Gasteiger charge is -2.39. The second-order valence-electron chi connectivity index (χ2n) is 16.0. The molecule has 0 radical (unpaired) electrons. The molecule has 4 aliphatic rings.